The van der Waals surface area contributed by atoms with Crippen molar-refractivity contribution >= 4 is 50.6 Å². The molecule has 0 radical (unpaired) electrons. The standard InChI is InChI=1S/C21H23N5O4S/c1-4-8-22-16(28)10-26-11-23-20-17(21(26)30)12(2)18(31-20)19(29)25-15-7-5-6-14(9-15)24-13(3)27/h5-7,9,11H,4,8,10H2,1-3H3,(H,22,28)(H,24,27)(H,25,29). The molecule has 10 heteroatoms. The Kier molecular flexibility index (Phi) is 6.81. The van der Waals surface area contributed by atoms with Crippen LogP contribution in [0.25, 0.3) is 10.2 Å². The Hall–Kier alpha value is -3.53. The molecule has 0 bridgehead atoms. The van der Waals surface area contributed by atoms with Crippen molar-refractivity contribution in [3.8, 4) is 0 Å². The van der Waals surface area contributed by atoms with Crippen molar-refractivity contribution in [1.82, 2.24) is 14.9 Å². The van der Waals surface area contributed by atoms with Gasteiger partial charge in [-0.2, -0.15) is 0 Å². The van der Waals surface area contributed by atoms with Gasteiger partial charge in [0.15, 0.2) is 0 Å². The summed E-state index contributed by atoms with van der Waals surface area (Å²) in [5.74, 6) is -0.864. The fourth-order valence-electron chi connectivity index (χ4n) is 3.03. The topological polar surface area (TPSA) is 122 Å². The van der Waals surface area contributed by atoms with Gasteiger partial charge in [0.05, 0.1) is 16.6 Å². The van der Waals surface area contributed by atoms with E-state index in [0.717, 1.165) is 17.8 Å². The Morgan fingerprint density at radius 3 is 2.55 bits per heavy atom. The molecular formula is C21H23N5O4S. The summed E-state index contributed by atoms with van der Waals surface area (Å²) in [5, 5.41) is 8.49. The largest absolute Gasteiger partial charge is 0.355 e. The maximum atomic E-state index is 12.9. The van der Waals surface area contributed by atoms with E-state index in [9.17, 15) is 19.2 Å². The molecule has 0 aliphatic heterocycles. The van der Waals surface area contributed by atoms with Gasteiger partial charge in [0, 0.05) is 24.8 Å². The van der Waals surface area contributed by atoms with E-state index in [4.69, 9.17) is 0 Å². The van der Waals surface area contributed by atoms with Crippen molar-refractivity contribution in [2.45, 2.75) is 33.7 Å². The molecule has 3 rings (SSSR count). The molecule has 0 spiro atoms. The molecule has 0 atom stereocenters. The highest BCUT2D eigenvalue weighted by Crippen LogP contribution is 2.28. The summed E-state index contributed by atoms with van der Waals surface area (Å²) in [4.78, 5) is 54.0. The summed E-state index contributed by atoms with van der Waals surface area (Å²) in [6, 6.07) is 6.77. The molecule has 31 heavy (non-hydrogen) atoms. The minimum absolute atomic E-state index is 0.130. The molecule has 3 amide bonds. The SMILES string of the molecule is CCCNC(=O)Cn1cnc2sc(C(=O)Nc3cccc(NC(C)=O)c3)c(C)c2c1=O. The lowest BCUT2D eigenvalue weighted by Gasteiger charge is -2.07. The highest BCUT2D eigenvalue weighted by Gasteiger charge is 2.20. The first-order valence-corrected chi connectivity index (χ1v) is 10.6. The second-order valence-electron chi connectivity index (χ2n) is 6.98. The number of rotatable bonds is 7. The monoisotopic (exact) mass is 441 g/mol. The van der Waals surface area contributed by atoms with Crippen molar-refractivity contribution in [3.63, 3.8) is 0 Å². The third-order valence-electron chi connectivity index (χ3n) is 4.45. The second-order valence-corrected chi connectivity index (χ2v) is 7.98. The van der Waals surface area contributed by atoms with Gasteiger partial charge >= 0.3 is 0 Å². The summed E-state index contributed by atoms with van der Waals surface area (Å²) in [6.45, 7) is 5.44. The zero-order valence-electron chi connectivity index (χ0n) is 17.4. The molecule has 1 aromatic carbocycles. The van der Waals surface area contributed by atoms with Crippen molar-refractivity contribution in [3.05, 3.63) is 51.4 Å². The van der Waals surface area contributed by atoms with E-state index in [-0.39, 0.29) is 29.8 Å². The van der Waals surface area contributed by atoms with Crippen LogP contribution in [-0.4, -0.2) is 33.8 Å². The van der Waals surface area contributed by atoms with E-state index in [2.05, 4.69) is 20.9 Å². The highest BCUT2D eigenvalue weighted by atomic mass is 32.1. The summed E-state index contributed by atoms with van der Waals surface area (Å²) in [5.41, 5.74) is 1.21. The summed E-state index contributed by atoms with van der Waals surface area (Å²) in [7, 11) is 0. The normalized spacial score (nSPS) is 10.7. The van der Waals surface area contributed by atoms with Crippen LogP contribution >= 0.6 is 11.3 Å². The average Bonchev–Trinajstić information content (AvgIpc) is 3.05. The number of hydrogen-bond acceptors (Lipinski definition) is 6. The van der Waals surface area contributed by atoms with Gasteiger partial charge in [0.25, 0.3) is 11.5 Å². The number of aryl methyl sites for hydroxylation is 1. The summed E-state index contributed by atoms with van der Waals surface area (Å²) < 4.78 is 1.24. The number of nitrogens with zero attached hydrogens (tertiary/aromatic N) is 2. The second kappa shape index (κ2) is 9.52. The quantitative estimate of drug-likeness (QED) is 0.520. The molecule has 0 unspecified atom stereocenters. The lowest BCUT2D eigenvalue weighted by molar-refractivity contribution is -0.121. The number of nitrogens with one attached hydrogen (secondary N) is 3. The molecule has 0 aliphatic rings. The number of carbonyl (C=O) groups is 3. The van der Waals surface area contributed by atoms with Gasteiger partial charge in [-0.05, 0) is 37.1 Å². The molecule has 2 heterocycles. The van der Waals surface area contributed by atoms with E-state index in [0.29, 0.717) is 38.6 Å². The Balaban J connectivity index is 1.86. The first-order chi connectivity index (χ1) is 14.8. The number of carbonyl (C=O) groups excluding carboxylic acids is 3. The number of benzene rings is 1. The van der Waals surface area contributed by atoms with Gasteiger partial charge in [-0.1, -0.05) is 13.0 Å². The Bertz CT molecular complexity index is 1210. The van der Waals surface area contributed by atoms with Crippen LogP contribution in [0.3, 0.4) is 0 Å². The molecule has 2 aromatic heterocycles. The van der Waals surface area contributed by atoms with Crippen LogP contribution in [0.2, 0.25) is 0 Å². The maximum absolute atomic E-state index is 12.9. The molecule has 0 aliphatic carbocycles. The zero-order chi connectivity index (χ0) is 22.5. The van der Waals surface area contributed by atoms with Gasteiger partial charge < -0.3 is 16.0 Å². The fraction of sp³-hybridized carbons (Fsp3) is 0.286. The maximum Gasteiger partial charge on any atom is 0.266 e. The van der Waals surface area contributed by atoms with Crippen molar-refractivity contribution in [1.29, 1.82) is 0 Å². The third kappa shape index (κ3) is 5.15. The Morgan fingerprint density at radius 1 is 1.16 bits per heavy atom. The first-order valence-electron chi connectivity index (χ1n) is 9.74. The van der Waals surface area contributed by atoms with E-state index in [1.807, 2.05) is 6.92 Å². The molecule has 162 valence electrons. The van der Waals surface area contributed by atoms with Crippen LogP contribution in [-0.2, 0) is 16.1 Å². The molecule has 0 saturated carbocycles. The van der Waals surface area contributed by atoms with Crippen LogP contribution in [0, 0.1) is 6.92 Å². The van der Waals surface area contributed by atoms with E-state index < -0.39 is 0 Å². The van der Waals surface area contributed by atoms with Gasteiger partial charge in [-0.25, -0.2) is 4.98 Å². The van der Waals surface area contributed by atoms with Gasteiger partial charge in [-0.3, -0.25) is 23.7 Å². The van der Waals surface area contributed by atoms with Crippen LogP contribution < -0.4 is 21.5 Å². The first kappa shape index (κ1) is 22.2. The number of aromatic nitrogens is 2. The van der Waals surface area contributed by atoms with Crippen molar-refractivity contribution in [2.24, 2.45) is 0 Å². The number of anilines is 2. The van der Waals surface area contributed by atoms with Crippen molar-refractivity contribution in [2.75, 3.05) is 17.2 Å². The van der Waals surface area contributed by atoms with Gasteiger partial charge in [0.2, 0.25) is 11.8 Å². The molecule has 0 saturated heterocycles. The summed E-state index contributed by atoms with van der Waals surface area (Å²) in [6.07, 6.45) is 2.12. The van der Waals surface area contributed by atoms with Crippen LogP contribution in [0.1, 0.15) is 35.5 Å². The van der Waals surface area contributed by atoms with Crippen LogP contribution in [0.5, 0.6) is 0 Å². The molecular weight excluding hydrogens is 418 g/mol. The lowest BCUT2D eigenvalue weighted by Crippen LogP contribution is -2.32. The van der Waals surface area contributed by atoms with E-state index in [1.165, 1.54) is 17.8 Å². The minimum Gasteiger partial charge on any atom is -0.355 e. The van der Waals surface area contributed by atoms with Gasteiger partial charge in [-0.15, -0.1) is 11.3 Å². The smallest absolute Gasteiger partial charge is 0.266 e. The van der Waals surface area contributed by atoms with E-state index in [1.54, 1.807) is 31.2 Å². The predicted molar refractivity (Wildman–Crippen MR) is 121 cm³/mol. The molecule has 0 fully saturated rings. The Labute approximate surface area is 182 Å². The predicted octanol–water partition coefficient (Wildman–Crippen LogP) is 2.50. The molecule has 3 aromatic rings. The van der Waals surface area contributed by atoms with Crippen molar-refractivity contribution < 1.29 is 14.4 Å². The molecule has 9 nitrogen and oxygen atoms in total. The third-order valence-corrected chi connectivity index (χ3v) is 5.65. The highest BCUT2D eigenvalue weighted by molar-refractivity contribution is 7.20. The average molecular weight is 442 g/mol. The summed E-state index contributed by atoms with van der Waals surface area (Å²) >= 11 is 1.11. The van der Waals surface area contributed by atoms with E-state index >= 15 is 0 Å². The fourth-order valence-corrected chi connectivity index (χ4v) is 4.06. The lowest BCUT2D eigenvalue weighted by atomic mass is 10.2. The number of hydrogen-bond donors (Lipinski definition) is 3. The van der Waals surface area contributed by atoms with Crippen LogP contribution in [0.15, 0.2) is 35.4 Å². The number of amides is 3. The van der Waals surface area contributed by atoms with Crippen LogP contribution in [0.4, 0.5) is 11.4 Å². The number of fused-ring (bicyclic) bond motifs is 1. The minimum atomic E-state index is -0.382. The Morgan fingerprint density at radius 2 is 1.87 bits per heavy atom. The zero-order valence-corrected chi connectivity index (χ0v) is 18.3. The van der Waals surface area contributed by atoms with Gasteiger partial charge in [0.1, 0.15) is 11.4 Å². The molecule has 3 N–H and O–H groups in total. The number of thiophene rings is 1.